The number of hydrogen-bond acceptors (Lipinski definition) is 3. The molecule has 0 fully saturated rings. The van der Waals surface area contributed by atoms with E-state index in [1.807, 2.05) is 43.9 Å². The van der Waals surface area contributed by atoms with Gasteiger partial charge in [0.15, 0.2) is 0 Å². The zero-order valence-electron chi connectivity index (χ0n) is 14.8. The van der Waals surface area contributed by atoms with Gasteiger partial charge in [-0.05, 0) is 44.0 Å². The molecule has 0 heterocycles. The smallest absolute Gasteiger partial charge is 0.238 e. The fraction of sp³-hybridized carbons (Fsp3) is 0.556. The molecule has 5 heteroatoms. The van der Waals surface area contributed by atoms with Crippen molar-refractivity contribution < 1.29 is 9.59 Å². The largest absolute Gasteiger partial charge is 0.353 e. The van der Waals surface area contributed by atoms with E-state index >= 15 is 0 Å². The summed E-state index contributed by atoms with van der Waals surface area (Å²) in [5.41, 5.74) is 1.98. The number of likely N-dealkylation sites (N-methyl/N-ethyl adjacent to an activating group) is 1. The van der Waals surface area contributed by atoms with Crippen LogP contribution in [0.15, 0.2) is 24.3 Å². The molecule has 1 rings (SSSR count). The van der Waals surface area contributed by atoms with E-state index in [4.69, 9.17) is 0 Å². The molecule has 2 N–H and O–H groups in total. The lowest BCUT2D eigenvalue weighted by Gasteiger charge is -2.20. The molecule has 0 aliphatic carbocycles. The second-order valence-corrected chi connectivity index (χ2v) is 6.35. The molecule has 0 bridgehead atoms. The molecule has 1 aromatic carbocycles. The summed E-state index contributed by atoms with van der Waals surface area (Å²) in [4.78, 5) is 25.8. The van der Waals surface area contributed by atoms with Gasteiger partial charge in [0.1, 0.15) is 0 Å². The standard InChI is InChI=1S/C18H29N3O2/c1-6-21(11-17(22)19-14(4)5)12-18(23)20-16-9-7-8-15(10-16)13(2)3/h7-10,13-14H,6,11-12H2,1-5H3,(H,19,22)(H,20,23). The van der Waals surface area contributed by atoms with Gasteiger partial charge in [0, 0.05) is 11.7 Å². The Morgan fingerprint density at radius 3 is 2.30 bits per heavy atom. The summed E-state index contributed by atoms with van der Waals surface area (Å²) in [6.45, 7) is 11.1. The highest BCUT2D eigenvalue weighted by Crippen LogP contribution is 2.18. The lowest BCUT2D eigenvalue weighted by atomic mass is 10.0. The van der Waals surface area contributed by atoms with Crippen molar-refractivity contribution in [3.8, 4) is 0 Å². The molecule has 128 valence electrons. The third-order valence-electron chi connectivity index (χ3n) is 3.47. The molecular formula is C18H29N3O2. The van der Waals surface area contributed by atoms with Crippen molar-refractivity contribution in [2.24, 2.45) is 0 Å². The maximum Gasteiger partial charge on any atom is 0.238 e. The molecule has 0 aliphatic heterocycles. The zero-order chi connectivity index (χ0) is 17.4. The summed E-state index contributed by atoms with van der Waals surface area (Å²) >= 11 is 0. The number of carbonyl (C=O) groups excluding carboxylic acids is 2. The second-order valence-electron chi connectivity index (χ2n) is 6.35. The summed E-state index contributed by atoms with van der Waals surface area (Å²) in [5, 5.41) is 5.74. The molecular weight excluding hydrogens is 290 g/mol. The second kappa shape index (κ2) is 9.30. The van der Waals surface area contributed by atoms with Crippen LogP contribution in [0, 0.1) is 0 Å². The van der Waals surface area contributed by atoms with E-state index in [-0.39, 0.29) is 30.9 Å². The van der Waals surface area contributed by atoms with Gasteiger partial charge in [-0.25, -0.2) is 0 Å². The number of rotatable bonds is 8. The summed E-state index contributed by atoms with van der Waals surface area (Å²) < 4.78 is 0. The molecule has 0 aromatic heterocycles. The lowest BCUT2D eigenvalue weighted by molar-refractivity contribution is -0.123. The maximum absolute atomic E-state index is 12.2. The first-order chi connectivity index (χ1) is 10.8. The van der Waals surface area contributed by atoms with Crippen LogP contribution in [-0.4, -0.2) is 42.4 Å². The number of nitrogens with one attached hydrogen (secondary N) is 2. The molecule has 2 amide bonds. The van der Waals surface area contributed by atoms with Gasteiger partial charge >= 0.3 is 0 Å². The Morgan fingerprint density at radius 2 is 1.74 bits per heavy atom. The first kappa shape index (κ1) is 19.2. The van der Waals surface area contributed by atoms with Crippen LogP contribution < -0.4 is 10.6 Å². The van der Waals surface area contributed by atoms with Crippen molar-refractivity contribution in [3.63, 3.8) is 0 Å². The van der Waals surface area contributed by atoms with Crippen LogP contribution >= 0.6 is 0 Å². The molecule has 0 saturated carbocycles. The van der Waals surface area contributed by atoms with Crippen molar-refractivity contribution in [3.05, 3.63) is 29.8 Å². The van der Waals surface area contributed by atoms with Crippen LogP contribution in [0.25, 0.3) is 0 Å². The van der Waals surface area contributed by atoms with Crippen molar-refractivity contribution in [2.45, 2.75) is 46.6 Å². The third kappa shape index (κ3) is 7.28. The SMILES string of the molecule is CCN(CC(=O)Nc1cccc(C(C)C)c1)CC(=O)NC(C)C. The summed E-state index contributed by atoms with van der Waals surface area (Å²) in [6.07, 6.45) is 0. The van der Waals surface area contributed by atoms with E-state index in [0.29, 0.717) is 12.5 Å². The minimum atomic E-state index is -0.106. The molecule has 0 atom stereocenters. The first-order valence-electron chi connectivity index (χ1n) is 8.23. The fourth-order valence-corrected chi connectivity index (χ4v) is 2.23. The average molecular weight is 319 g/mol. The summed E-state index contributed by atoms with van der Waals surface area (Å²) in [7, 11) is 0. The maximum atomic E-state index is 12.2. The highest BCUT2D eigenvalue weighted by molar-refractivity contribution is 5.92. The summed E-state index contributed by atoms with van der Waals surface area (Å²) in [5.74, 6) is 0.250. The molecule has 1 aromatic rings. The van der Waals surface area contributed by atoms with Gasteiger partial charge in [0.25, 0.3) is 0 Å². The van der Waals surface area contributed by atoms with Crippen LogP contribution in [0.5, 0.6) is 0 Å². The van der Waals surface area contributed by atoms with Crippen LogP contribution in [0.2, 0.25) is 0 Å². The van der Waals surface area contributed by atoms with Gasteiger partial charge in [-0.3, -0.25) is 14.5 Å². The number of nitrogens with zero attached hydrogens (tertiary/aromatic N) is 1. The van der Waals surface area contributed by atoms with Crippen molar-refractivity contribution >= 4 is 17.5 Å². The number of anilines is 1. The molecule has 5 nitrogen and oxygen atoms in total. The Hall–Kier alpha value is -1.88. The highest BCUT2D eigenvalue weighted by Gasteiger charge is 2.14. The van der Waals surface area contributed by atoms with Gasteiger partial charge in [-0.15, -0.1) is 0 Å². The molecule has 0 radical (unpaired) electrons. The van der Waals surface area contributed by atoms with Gasteiger partial charge in [-0.2, -0.15) is 0 Å². The predicted octanol–water partition coefficient (Wildman–Crippen LogP) is 2.60. The Labute approximate surface area is 139 Å². The zero-order valence-corrected chi connectivity index (χ0v) is 14.8. The normalized spacial score (nSPS) is 11.1. The Kier molecular flexibility index (Phi) is 7.75. The first-order valence-corrected chi connectivity index (χ1v) is 8.23. The Bertz CT molecular complexity index is 527. The third-order valence-corrected chi connectivity index (χ3v) is 3.47. The van der Waals surface area contributed by atoms with Crippen LogP contribution in [0.3, 0.4) is 0 Å². The molecule has 0 saturated heterocycles. The van der Waals surface area contributed by atoms with Gasteiger partial charge in [0.2, 0.25) is 11.8 Å². The van der Waals surface area contributed by atoms with Crippen LogP contribution in [0.4, 0.5) is 5.69 Å². The Balaban J connectivity index is 2.56. The minimum Gasteiger partial charge on any atom is -0.353 e. The molecule has 23 heavy (non-hydrogen) atoms. The minimum absolute atomic E-state index is 0.0588. The topological polar surface area (TPSA) is 61.4 Å². The van der Waals surface area contributed by atoms with Crippen LogP contribution in [0.1, 0.15) is 46.1 Å². The van der Waals surface area contributed by atoms with E-state index in [0.717, 1.165) is 5.69 Å². The van der Waals surface area contributed by atoms with Gasteiger partial charge in [0.05, 0.1) is 13.1 Å². The molecule has 0 unspecified atom stereocenters. The van der Waals surface area contributed by atoms with E-state index in [2.05, 4.69) is 30.5 Å². The predicted molar refractivity (Wildman–Crippen MR) is 94.6 cm³/mol. The number of benzene rings is 1. The van der Waals surface area contributed by atoms with E-state index in [1.54, 1.807) is 0 Å². The lowest BCUT2D eigenvalue weighted by Crippen LogP contribution is -2.42. The van der Waals surface area contributed by atoms with E-state index < -0.39 is 0 Å². The monoisotopic (exact) mass is 319 g/mol. The molecule has 0 aliphatic rings. The van der Waals surface area contributed by atoms with E-state index in [9.17, 15) is 9.59 Å². The van der Waals surface area contributed by atoms with Crippen molar-refractivity contribution in [1.82, 2.24) is 10.2 Å². The molecule has 0 spiro atoms. The number of hydrogen-bond donors (Lipinski definition) is 2. The van der Waals surface area contributed by atoms with Gasteiger partial charge < -0.3 is 10.6 Å². The number of amides is 2. The average Bonchev–Trinajstić information content (AvgIpc) is 2.45. The highest BCUT2D eigenvalue weighted by atomic mass is 16.2. The van der Waals surface area contributed by atoms with Gasteiger partial charge in [-0.1, -0.05) is 32.9 Å². The van der Waals surface area contributed by atoms with Crippen LogP contribution in [-0.2, 0) is 9.59 Å². The van der Waals surface area contributed by atoms with Crippen molar-refractivity contribution in [1.29, 1.82) is 0 Å². The quantitative estimate of drug-likeness (QED) is 0.774. The Morgan fingerprint density at radius 1 is 1.09 bits per heavy atom. The number of carbonyl (C=O) groups is 2. The summed E-state index contributed by atoms with van der Waals surface area (Å²) in [6, 6.07) is 7.97. The van der Waals surface area contributed by atoms with Crippen molar-refractivity contribution in [2.75, 3.05) is 25.0 Å². The van der Waals surface area contributed by atoms with E-state index in [1.165, 1.54) is 5.56 Å². The fourth-order valence-electron chi connectivity index (χ4n) is 2.23.